The Kier molecular flexibility index (Phi) is 6.61. The molecule has 6 aromatic carbocycles. The number of nitrogens with zero attached hydrogens (tertiary/aromatic N) is 1. The van der Waals surface area contributed by atoms with Crippen molar-refractivity contribution in [1.29, 1.82) is 0 Å². The molecule has 0 atom stereocenters. The number of benzene rings is 6. The molecule has 0 unspecified atom stereocenters. The van der Waals surface area contributed by atoms with E-state index in [1.165, 1.54) is 116 Å². The Morgan fingerprint density at radius 2 is 1.04 bits per heavy atom. The van der Waals surface area contributed by atoms with Crippen LogP contribution in [0.15, 0.2) is 151 Å². The number of thiophene rings is 1. The van der Waals surface area contributed by atoms with Gasteiger partial charge in [-0.15, -0.1) is 11.3 Å². The Morgan fingerprint density at radius 3 is 1.67 bits per heavy atom. The largest absolute Gasteiger partial charge is 0.310 e. The lowest BCUT2D eigenvalue weighted by atomic mass is 9.72. The van der Waals surface area contributed by atoms with Gasteiger partial charge in [0.15, 0.2) is 0 Å². The molecule has 0 N–H and O–H groups in total. The van der Waals surface area contributed by atoms with E-state index in [-0.39, 0.29) is 5.41 Å². The molecule has 1 heterocycles. The normalized spacial score (nSPS) is 16.5. The summed E-state index contributed by atoms with van der Waals surface area (Å²) in [6.07, 6.45) is 8.02. The van der Waals surface area contributed by atoms with E-state index in [9.17, 15) is 0 Å². The molecule has 0 amide bonds. The van der Waals surface area contributed by atoms with E-state index in [1.807, 2.05) is 11.3 Å². The molecule has 7 aromatic rings. The summed E-state index contributed by atoms with van der Waals surface area (Å²) in [5.74, 6) is 1.42. The van der Waals surface area contributed by atoms with E-state index in [0.717, 1.165) is 5.69 Å². The Balaban J connectivity index is 1.13. The predicted molar refractivity (Wildman–Crippen MR) is 214 cm³/mol. The van der Waals surface area contributed by atoms with Crippen molar-refractivity contribution in [3.63, 3.8) is 0 Å². The molecule has 2 saturated carbocycles. The highest BCUT2D eigenvalue weighted by Crippen LogP contribution is 2.65. The van der Waals surface area contributed by atoms with Crippen LogP contribution in [0.5, 0.6) is 0 Å². The van der Waals surface area contributed by atoms with Gasteiger partial charge < -0.3 is 4.90 Å². The lowest BCUT2D eigenvalue weighted by molar-refractivity contribution is 0.419. The Morgan fingerprint density at radius 1 is 0.471 bits per heavy atom. The zero-order valence-corrected chi connectivity index (χ0v) is 29.5. The van der Waals surface area contributed by atoms with Crippen LogP contribution in [0.4, 0.5) is 17.1 Å². The maximum Gasteiger partial charge on any atom is 0.0819 e. The van der Waals surface area contributed by atoms with Crippen molar-refractivity contribution in [3.8, 4) is 33.4 Å². The monoisotopic (exact) mass is 673 g/mol. The van der Waals surface area contributed by atoms with Crippen molar-refractivity contribution in [2.45, 2.75) is 55.8 Å². The first-order valence-corrected chi connectivity index (χ1v) is 19.7. The van der Waals surface area contributed by atoms with Gasteiger partial charge in [0, 0.05) is 21.8 Å². The number of hydrogen-bond acceptors (Lipinski definition) is 2. The summed E-state index contributed by atoms with van der Waals surface area (Å²) in [5, 5.41) is 2.32. The van der Waals surface area contributed by atoms with E-state index < -0.39 is 0 Å². The highest BCUT2D eigenvalue weighted by molar-refractivity contribution is 7.11. The molecule has 0 saturated heterocycles. The van der Waals surface area contributed by atoms with Crippen LogP contribution in [0.25, 0.3) is 33.4 Å². The molecule has 2 heteroatoms. The quantitative estimate of drug-likeness (QED) is 0.170. The summed E-state index contributed by atoms with van der Waals surface area (Å²) >= 11 is 1.94. The van der Waals surface area contributed by atoms with Crippen molar-refractivity contribution < 1.29 is 0 Å². The zero-order valence-electron chi connectivity index (χ0n) is 28.7. The van der Waals surface area contributed by atoms with Crippen LogP contribution in [0.2, 0.25) is 0 Å². The average molecular weight is 674 g/mol. The van der Waals surface area contributed by atoms with Crippen molar-refractivity contribution >= 4 is 28.4 Å². The van der Waals surface area contributed by atoms with Crippen LogP contribution in [0.1, 0.15) is 83.1 Å². The third-order valence-corrected chi connectivity index (χ3v) is 13.6. The van der Waals surface area contributed by atoms with Crippen LogP contribution in [0, 0.1) is 0 Å². The third-order valence-electron chi connectivity index (χ3n) is 12.5. The second kappa shape index (κ2) is 11.4. The van der Waals surface area contributed by atoms with E-state index in [4.69, 9.17) is 0 Å². The number of fused-ring (bicyclic) bond motifs is 10. The smallest absolute Gasteiger partial charge is 0.0819 e. The maximum absolute atomic E-state index is 2.59. The van der Waals surface area contributed by atoms with Crippen LogP contribution in [-0.4, -0.2) is 0 Å². The highest BCUT2D eigenvalue weighted by atomic mass is 32.1. The molecule has 51 heavy (non-hydrogen) atoms. The third kappa shape index (κ3) is 4.26. The minimum atomic E-state index is -0.294. The van der Waals surface area contributed by atoms with Gasteiger partial charge in [-0.05, 0) is 135 Å². The summed E-state index contributed by atoms with van der Waals surface area (Å²) in [5.41, 5.74) is 18.8. The highest BCUT2D eigenvalue weighted by Gasteiger charge is 2.53. The number of hydrogen-bond donors (Lipinski definition) is 0. The van der Waals surface area contributed by atoms with E-state index in [2.05, 4.69) is 156 Å². The molecule has 4 aliphatic rings. The molecule has 246 valence electrons. The summed E-state index contributed by atoms with van der Waals surface area (Å²) in [6, 6.07) is 55.4. The van der Waals surface area contributed by atoms with Crippen LogP contribution in [-0.2, 0) is 5.41 Å². The van der Waals surface area contributed by atoms with Crippen LogP contribution >= 0.6 is 11.3 Å². The van der Waals surface area contributed by atoms with Crippen LogP contribution < -0.4 is 4.90 Å². The fourth-order valence-electron chi connectivity index (χ4n) is 9.58. The van der Waals surface area contributed by atoms with Crippen molar-refractivity contribution in [2.75, 3.05) is 4.90 Å². The summed E-state index contributed by atoms with van der Waals surface area (Å²) in [4.78, 5) is 3.92. The minimum absolute atomic E-state index is 0.294. The molecule has 11 rings (SSSR count). The first-order valence-electron chi connectivity index (χ1n) is 18.8. The number of anilines is 3. The van der Waals surface area contributed by atoms with E-state index in [0.29, 0.717) is 11.8 Å². The van der Waals surface area contributed by atoms with Gasteiger partial charge in [0.2, 0.25) is 0 Å². The molecule has 0 aliphatic heterocycles. The molecule has 2 fully saturated rings. The fourth-order valence-corrected chi connectivity index (χ4v) is 10.7. The van der Waals surface area contributed by atoms with Gasteiger partial charge in [-0.25, -0.2) is 0 Å². The predicted octanol–water partition coefficient (Wildman–Crippen LogP) is 13.8. The molecule has 1 nitrogen and oxygen atoms in total. The summed E-state index contributed by atoms with van der Waals surface area (Å²) < 4.78 is 0. The molecule has 0 radical (unpaired) electrons. The zero-order chi connectivity index (χ0) is 33.5. The van der Waals surface area contributed by atoms with Crippen LogP contribution in [0.3, 0.4) is 0 Å². The average Bonchev–Trinajstić information content (AvgIpc) is 3.80. The lowest BCUT2D eigenvalue weighted by Gasteiger charge is -2.32. The van der Waals surface area contributed by atoms with Gasteiger partial charge in [0.05, 0.1) is 11.1 Å². The Hall–Kier alpha value is -5.18. The molecule has 0 bridgehead atoms. The van der Waals surface area contributed by atoms with Gasteiger partial charge >= 0.3 is 0 Å². The SMILES string of the molecule is c1ccc(-c2ccccc2N(c2ccccc2)c2ccc3c(c2)-c2ccsc2C32c3ccc(C4CCC4)cc3-c3cc(C4CCC4)ccc32)cc1. The lowest BCUT2D eigenvalue weighted by Crippen LogP contribution is -2.25. The fraction of sp³-hybridized carbons (Fsp3) is 0.184. The minimum Gasteiger partial charge on any atom is -0.310 e. The first kappa shape index (κ1) is 29.5. The topological polar surface area (TPSA) is 3.24 Å². The molecular weight excluding hydrogens is 635 g/mol. The van der Waals surface area contributed by atoms with E-state index >= 15 is 0 Å². The second-order valence-corrected chi connectivity index (χ2v) is 16.0. The number of rotatable bonds is 6. The number of para-hydroxylation sites is 2. The van der Waals surface area contributed by atoms with Crippen molar-refractivity contribution in [3.05, 3.63) is 184 Å². The molecule has 1 aromatic heterocycles. The summed E-state index contributed by atoms with van der Waals surface area (Å²) in [7, 11) is 0. The van der Waals surface area contributed by atoms with Gasteiger partial charge in [-0.3, -0.25) is 0 Å². The van der Waals surface area contributed by atoms with Gasteiger partial charge in [-0.2, -0.15) is 0 Å². The van der Waals surface area contributed by atoms with Gasteiger partial charge in [0.1, 0.15) is 0 Å². The molecule has 1 spiro atoms. The van der Waals surface area contributed by atoms with Gasteiger partial charge in [0.25, 0.3) is 0 Å². The Labute approximate surface area is 304 Å². The first-order chi connectivity index (χ1) is 25.3. The van der Waals surface area contributed by atoms with Gasteiger partial charge in [-0.1, -0.05) is 122 Å². The Bertz CT molecular complexity index is 2380. The maximum atomic E-state index is 2.59. The van der Waals surface area contributed by atoms with Crippen molar-refractivity contribution in [2.24, 2.45) is 0 Å². The summed E-state index contributed by atoms with van der Waals surface area (Å²) in [6.45, 7) is 0. The second-order valence-electron chi connectivity index (χ2n) is 15.1. The standard InChI is InChI=1S/C49H39NS/c1-3-11-34(12-4-1)39-19-7-8-20-47(39)50(37-17-5-2-6-18-37)38-23-26-46-43(31-38)40-27-28-51-48(40)49(46)44-24-21-35(32-13-9-14-32)29-41(44)42-30-36(22-25-45(42)49)33-15-10-16-33/h1-8,11-12,17-33H,9-10,13-16H2. The molecular formula is C49H39NS. The van der Waals surface area contributed by atoms with Crippen molar-refractivity contribution in [1.82, 2.24) is 0 Å². The molecule has 4 aliphatic carbocycles. The van der Waals surface area contributed by atoms with E-state index in [1.54, 1.807) is 0 Å².